The number of hydrogen-bond donors (Lipinski definition) is 3. The summed E-state index contributed by atoms with van der Waals surface area (Å²) in [4.78, 5) is 35.4. The molecule has 1 saturated carbocycles. The number of piperidine rings is 1. The molecule has 3 heterocycles. The van der Waals surface area contributed by atoms with Crippen LogP contribution in [0.15, 0.2) is 36.3 Å². The first-order valence-electron chi connectivity index (χ1n) is 11.7. The molecule has 196 valence electrons. The molecule has 2 fully saturated rings. The number of nitrogens with two attached hydrogens (primary N) is 1. The van der Waals surface area contributed by atoms with Gasteiger partial charge in [0.25, 0.3) is 5.91 Å². The second-order valence-electron chi connectivity index (χ2n) is 9.11. The van der Waals surface area contributed by atoms with E-state index in [0.29, 0.717) is 25.1 Å². The minimum atomic E-state index is -0.735. The highest BCUT2D eigenvalue weighted by Gasteiger charge is 2.54. The van der Waals surface area contributed by atoms with E-state index in [1.165, 1.54) is 26.4 Å². The highest BCUT2D eigenvalue weighted by molar-refractivity contribution is 6.11. The molecule has 4 rings (SSSR count). The van der Waals surface area contributed by atoms with Crippen LogP contribution in [0.2, 0.25) is 0 Å². The van der Waals surface area contributed by atoms with Gasteiger partial charge in [0.05, 0.1) is 44.6 Å². The van der Waals surface area contributed by atoms with Gasteiger partial charge in [0.2, 0.25) is 11.8 Å². The number of halogens is 2. The van der Waals surface area contributed by atoms with Crippen molar-refractivity contribution in [3.05, 3.63) is 59.2 Å². The summed E-state index contributed by atoms with van der Waals surface area (Å²) >= 11 is 0. The van der Waals surface area contributed by atoms with Crippen molar-refractivity contribution in [2.75, 3.05) is 20.8 Å². The first-order valence-corrected chi connectivity index (χ1v) is 11.7. The Morgan fingerprint density at radius 1 is 1.24 bits per heavy atom. The lowest BCUT2D eigenvalue weighted by molar-refractivity contribution is -0.137. The second-order valence-corrected chi connectivity index (χ2v) is 9.11. The van der Waals surface area contributed by atoms with Crippen molar-refractivity contribution in [2.45, 2.75) is 37.8 Å². The maximum absolute atomic E-state index is 14.2. The number of aromatic nitrogens is 2. The summed E-state index contributed by atoms with van der Waals surface area (Å²) in [6.45, 7) is 0.400. The van der Waals surface area contributed by atoms with E-state index in [0.717, 1.165) is 31.3 Å². The van der Waals surface area contributed by atoms with Crippen LogP contribution < -0.4 is 20.5 Å². The zero-order valence-corrected chi connectivity index (χ0v) is 20.5. The number of nitrogens with zero attached hydrogens (tertiary/aromatic N) is 3. The van der Waals surface area contributed by atoms with Crippen molar-refractivity contribution in [3.8, 4) is 11.6 Å². The van der Waals surface area contributed by atoms with Gasteiger partial charge < -0.3 is 30.8 Å². The van der Waals surface area contributed by atoms with Crippen molar-refractivity contribution < 1.29 is 27.8 Å². The third-order valence-electron chi connectivity index (χ3n) is 6.77. The van der Waals surface area contributed by atoms with E-state index in [9.17, 15) is 18.4 Å². The molecule has 12 heteroatoms. The Kier molecular flexibility index (Phi) is 7.37. The Balaban J connectivity index is 1.39. The SMILES string of the molecule is COc1cc(C(=N)C=C(N)C(=O)N2CC[C@H](C(=O)NCc3ncc(F)cc3OC)CC23CC3)c(F)cn1. The Morgan fingerprint density at radius 3 is 2.68 bits per heavy atom. The van der Waals surface area contributed by atoms with Crippen LogP contribution in [0.1, 0.15) is 36.9 Å². The Bertz CT molecular complexity index is 1260. The number of amides is 2. The molecule has 2 aromatic rings. The quantitative estimate of drug-likeness (QED) is 0.361. The molecule has 4 N–H and O–H groups in total. The highest BCUT2D eigenvalue weighted by Crippen LogP contribution is 2.50. The summed E-state index contributed by atoms with van der Waals surface area (Å²) in [5.74, 6) is -1.85. The first-order chi connectivity index (χ1) is 17.7. The number of carbonyl (C=O) groups is 2. The number of likely N-dealkylation sites (tertiary alicyclic amines) is 1. The van der Waals surface area contributed by atoms with E-state index < -0.39 is 23.1 Å². The molecule has 0 aromatic carbocycles. The lowest BCUT2D eigenvalue weighted by Crippen LogP contribution is -2.51. The van der Waals surface area contributed by atoms with E-state index >= 15 is 0 Å². The zero-order valence-electron chi connectivity index (χ0n) is 20.5. The second kappa shape index (κ2) is 10.5. The zero-order chi connectivity index (χ0) is 26.7. The monoisotopic (exact) mass is 514 g/mol. The third kappa shape index (κ3) is 5.52. The Hall–Kier alpha value is -4.09. The number of ether oxygens (including phenoxy) is 2. The van der Waals surface area contributed by atoms with Gasteiger partial charge in [-0.1, -0.05) is 0 Å². The van der Waals surface area contributed by atoms with Gasteiger partial charge >= 0.3 is 0 Å². The number of carbonyl (C=O) groups excluding carboxylic acids is 2. The normalized spacial score (nSPS) is 18.3. The van der Waals surface area contributed by atoms with Gasteiger partial charge in [0, 0.05) is 35.7 Å². The van der Waals surface area contributed by atoms with Gasteiger partial charge in [-0.15, -0.1) is 0 Å². The molecule has 1 aliphatic heterocycles. The van der Waals surface area contributed by atoms with Crippen LogP contribution in [0.4, 0.5) is 8.78 Å². The van der Waals surface area contributed by atoms with Gasteiger partial charge in [-0.25, -0.2) is 13.8 Å². The van der Waals surface area contributed by atoms with Gasteiger partial charge in [-0.3, -0.25) is 14.6 Å². The average molecular weight is 515 g/mol. The summed E-state index contributed by atoms with van der Waals surface area (Å²) in [5.41, 5.74) is 5.40. The molecule has 0 bridgehead atoms. The first kappa shape index (κ1) is 26.0. The van der Waals surface area contributed by atoms with Crippen LogP contribution in [0.3, 0.4) is 0 Å². The smallest absolute Gasteiger partial charge is 0.270 e. The van der Waals surface area contributed by atoms with Crippen molar-refractivity contribution in [1.29, 1.82) is 5.41 Å². The summed E-state index contributed by atoms with van der Waals surface area (Å²) in [5, 5.41) is 11.0. The Labute approximate surface area is 212 Å². The number of methoxy groups -OCH3 is 2. The van der Waals surface area contributed by atoms with Crippen molar-refractivity contribution in [2.24, 2.45) is 11.7 Å². The summed E-state index contributed by atoms with van der Waals surface area (Å²) in [6, 6.07) is 2.46. The van der Waals surface area contributed by atoms with Crippen LogP contribution in [0, 0.1) is 23.0 Å². The minimum absolute atomic E-state index is 0.0859. The molecule has 2 amide bonds. The molecular weight excluding hydrogens is 486 g/mol. The van der Waals surface area contributed by atoms with Gasteiger partial charge in [-0.2, -0.15) is 0 Å². The third-order valence-corrected chi connectivity index (χ3v) is 6.77. The fraction of sp³-hybridized carbons (Fsp3) is 0.400. The molecule has 0 radical (unpaired) electrons. The van der Waals surface area contributed by atoms with E-state index in [1.54, 1.807) is 4.90 Å². The molecule has 2 aliphatic rings. The maximum Gasteiger partial charge on any atom is 0.270 e. The van der Waals surface area contributed by atoms with Crippen LogP contribution >= 0.6 is 0 Å². The fourth-order valence-electron chi connectivity index (χ4n) is 4.61. The largest absolute Gasteiger partial charge is 0.495 e. The standard InChI is InChI=1S/C25H28F2N6O4/c1-36-21-7-15(26)11-30-20(21)13-32-23(34)14-3-6-33(25(10-14)4-5-25)24(35)19(29)9-18(28)16-8-22(37-2)31-12-17(16)27/h7-9,11-12,14,28H,3-6,10,13,29H2,1-2H3,(H,32,34)/t14-/m0/s1. The maximum atomic E-state index is 14.2. The van der Waals surface area contributed by atoms with Crippen molar-refractivity contribution >= 4 is 17.5 Å². The number of nitrogens with one attached hydrogen (secondary N) is 2. The van der Waals surface area contributed by atoms with E-state index in [1.807, 2.05) is 0 Å². The average Bonchev–Trinajstić information content (AvgIpc) is 3.66. The number of allylic oxidation sites excluding steroid dienone is 1. The van der Waals surface area contributed by atoms with E-state index in [2.05, 4.69) is 15.3 Å². The molecule has 1 aliphatic carbocycles. The molecule has 0 unspecified atom stereocenters. The topological polar surface area (TPSA) is 144 Å². The number of pyridine rings is 2. The molecule has 10 nitrogen and oxygen atoms in total. The van der Waals surface area contributed by atoms with Gasteiger partial charge in [-0.05, 0) is 31.8 Å². The number of rotatable bonds is 8. The van der Waals surface area contributed by atoms with Crippen LogP contribution in [-0.2, 0) is 16.1 Å². The summed E-state index contributed by atoms with van der Waals surface area (Å²) < 4.78 is 37.6. The molecule has 2 aromatic heterocycles. The van der Waals surface area contributed by atoms with E-state index in [-0.39, 0.29) is 47.0 Å². The van der Waals surface area contributed by atoms with Crippen LogP contribution in [-0.4, -0.2) is 58.7 Å². The number of hydrogen-bond acceptors (Lipinski definition) is 8. The fourth-order valence-corrected chi connectivity index (χ4v) is 4.61. The summed E-state index contributed by atoms with van der Waals surface area (Å²) in [7, 11) is 2.77. The van der Waals surface area contributed by atoms with E-state index in [4.69, 9.17) is 20.6 Å². The van der Waals surface area contributed by atoms with Crippen LogP contribution in [0.25, 0.3) is 0 Å². The Morgan fingerprint density at radius 2 is 2.00 bits per heavy atom. The molecule has 1 atom stereocenters. The molecule has 1 saturated heterocycles. The van der Waals surface area contributed by atoms with Crippen LogP contribution in [0.5, 0.6) is 11.6 Å². The highest BCUT2D eigenvalue weighted by atomic mass is 19.1. The van der Waals surface area contributed by atoms with Crippen molar-refractivity contribution in [3.63, 3.8) is 0 Å². The van der Waals surface area contributed by atoms with Gasteiger partial charge in [0.1, 0.15) is 17.3 Å². The lowest BCUT2D eigenvalue weighted by atomic mass is 9.88. The molecule has 37 heavy (non-hydrogen) atoms. The molecule has 1 spiro atoms. The van der Waals surface area contributed by atoms with Crippen molar-refractivity contribution in [1.82, 2.24) is 20.2 Å². The predicted octanol–water partition coefficient (Wildman–Crippen LogP) is 2.07. The summed E-state index contributed by atoms with van der Waals surface area (Å²) in [6.07, 6.45) is 5.48. The van der Waals surface area contributed by atoms with Gasteiger partial charge in [0.15, 0.2) is 5.82 Å². The predicted molar refractivity (Wildman–Crippen MR) is 129 cm³/mol. The lowest BCUT2D eigenvalue weighted by Gasteiger charge is -2.39. The minimum Gasteiger partial charge on any atom is -0.495 e. The molecular formula is C25H28F2N6O4.